The standard InChI is InChI=1S/C14H18N2/c1-2-6-13(11-14-15-9-10-16-14)12-7-4-3-5-8-12/h3-5,7-10,13H,2,6,11H2,1H3,(H,15,16). The van der Waals surface area contributed by atoms with E-state index < -0.39 is 0 Å². The van der Waals surface area contributed by atoms with Crippen LogP contribution in [0.2, 0.25) is 0 Å². The van der Waals surface area contributed by atoms with Crippen LogP contribution in [0, 0.1) is 0 Å². The highest BCUT2D eigenvalue weighted by atomic mass is 14.9. The predicted molar refractivity (Wildman–Crippen MR) is 66.4 cm³/mol. The second kappa shape index (κ2) is 5.50. The van der Waals surface area contributed by atoms with E-state index in [1.54, 1.807) is 0 Å². The molecule has 0 saturated heterocycles. The Morgan fingerprint density at radius 3 is 2.69 bits per heavy atom. The van der Waals surface area contributed by atoms with Gasteiger partial charge in [-0.3, -0.25) is 0 Å². The minimum Gasteiger partial charge on any atom is -0.349 e. The van der Waals surface area contributed by atoms with Crippen molar-refractivity contribution in [3.05, 3.63) is 54.1 Å². The maximum Gasteiger partial charge on any atom is 0.106 e. The van der Waals surface area contributed by atoms with Gasteiger partial charge in [0, 0.05) is 18.8 Å². The lowest BCUT2D eigenvalue weighted by atomic mass is 9.91. The van der Waals surface area contributed by atoms with Crippen LogP contribution in [-0.4, -0.2) is 9.97 Å². The lowest BCUT2D eigenvalue weighted by Gasteiger charge is -2.15. The maximum atomic E-state index is 4.31. The van der Waals surface area contributed by atoms with Crippen molar-refractivity contribution in [1.29, 1.82) is 0 Å². The highest BCUT2D eigenvalue weighted by Gasteiger charge is 2.12. The minimum atomic E-state index is 0.581. The van der Waals surface area contributed by atoms with Gasteiger partial charge in [-0.05, 0) is 17.9 Å². The van der Waals surface area contributed by atoms with Crippen LogP contribution in [0.15, 0.2) is 42.7 Å². The zero-order chi connectivity index (χ0) is 11.2. The number of nitrogens with zero attached hydrogens (tertiary/aromatic N) is 1. The molecule has 16 heavy (non-hydrogen) atoms. The van der Waals surface area contributed by atoms with E-state index in [0.717, 1.165) is 12.2 Å². The first-order valence-corrected chi connectivity index (χ1v) is 5.93. The quantitative estimate of drug-likeness (QED) is 0.810. The van der Waals surface area contributed by atoms with Crippen LogP contribution < -0.4 is 0 Å². The number of aromatic nitrogens is 2. The van der Waals surface area contributed by atoms with Gasteiger partial charge in [-0.25, -0.2) is 4.98 Å². The molecule has 0 fully saturated rings. The van der Waals surface area contributed by atoms with Gasteiger partial charge in [0.1, 0.15) is 5.82 Å². The van der Waals surface area contributed by atoms with Crippen molar-refractivity contribution in [2.45, 2.75) is 32.1 Å². The second-order valence-electron chi connectivity index (χ2n) is 4.14. The molecule has 0 aliphatic heterocycles. The van der Waals surface area contributed by atoms with Crippen molar-refractivity contribution >= 4 is 0 Å². The third kappa shape index (κ3) is 2.72. The summed E-state index contributed by atoms with van der Waals surface area (Å²) in [6.45, 7) is 2.23. The fourth-order valence-electron chi connectivity index (χ4n) is 2.10. The van der Waals surface area contributed by atoms with Crippen LogP contribution in [0.1, 0.15) is 37.1 Å². The molecule has 2 rings (SSSR count). The third-order valence-electron chi connectivity index (χ3n) is 2.90. The topological polar surface area (TPSA) is 28.7 Å². The van der Waals surface area contributed by atoms with E-state index in [-0.39, 0.29) is 0 Å². The Hall–Kier alpha value is -1.57. The Morgan fingerprint density at radius 2 is 2.06 bits per heavy atom. The summed E-state index contributed by atoms with van der Waals surface area (Å²) in [5.74, 6) is 1.67. The Labute approximate surface area is 96.7 Å². The van der Waals surface area contributed by atoms with Crippen LogP contribution in [0.25, 0.3) is 0 Å². The van der Waals surface area contributed by atoms with E-state index in [0.29, 0.717) is 5.92 Å². The first-order chi connectivity index (χ1) is 7.90. The summed E-state index contributed by atoms with van der Waals surface area (Å²) >= 11 is 0. The number of rotatable bonds is 5. The predicted octanol–water partition coefficient (Wildman–Crippen LogP) is 3.54. The Kier molecular flexibility index (Phi) is 3.76. The normalized spacial score (nSPS) is 12.6. The third-order valence-corrected chi connectivity index (χ3v) is 2.90. The first-order valence-electron chi connectivity index (χ1n) is 5.93. The summed E-state index contributed by atoms with van der Waals surface area (Å²) < 4.78 is 0. The largest absolute Gasteiger partial charge is 0.349 e. The zero-order valence-electron chi connectivity index (χ0n) is 9.69. The SMILES string of the molecule is CCCC(Cc1ncc[nH]1)c1ccccc1. The molecule has 1 unspecified atom stereocenters. The van der Waals surface area contributed by atoms with Crippen molar-refractivity contribution < 1.29 is 0 Å². The molecule has 2 nitrogen and oxygen atoms in total. The molecule has 2 aromatic rings. The zero-order valence-corrected chi connectivity index (χ0v) is 9.69. The number of benzene rings is 1. The van der Waals surface area contributed by atoms with E-state index in [1.165, 1.54) is 18.4 Å². The number of H-pyrrole nitrogens is 1. The van der Waals surface area contributed by atoms with Crippen LogP contribution in [0.3, 0.4) is 0 Å². The van der Waals surface area contributed by atoms with Gasteiger partial charge in [-0.15, -0.1) is 0 Å². The van der Waals surface area contributed by atoms with Crippen molar-refractivity contribution in [2.75, 3.05) is 0 Å². The van der Waals surface area contributed by atoms with E-state index in [4.69, 9.17) is 0 Å². The minimum absolute atomic E-state index is 0.581. The van der Waals surface area contributed by atoms with Crippen molar-refractivity contribution in [2.24, 2.45) is 0 Å². The summed E-state index contributed by atoms with van der Waals surface area (Å²) in [7, 11) is 0. The Bertz CT molecular complexity index is 392. The molecule has 1 atom stereocenters. The summed E-state index contributed by atoms with van der Waals surface area (Å²) in [6.07, 6.45) is 7.14. The van der Waals surface area contributed by atoms with E-state index in [9.17, 15) is 0 Å². The van der Waals surface area contributed by atoms with Crippen molar-refractivity contribution in [3.8, 4) is 0 Å². The Balaban J connectivity index is 2.11. The molecule has 0 saturated carbocycles. The molecule has 0 aliphatic rings. The van der Waals surface area contributed by atoms with E-state index >= 15 is 0 Å². The maximum absolute atomic E-state index is 4.31. The molecule has 84 valence electrons. The highest BCUT2D eigenvalue weighted by Crippen LogP contribution is 2.24. The van der Waals surface area contributed by atoms with Gasteiger partial charge in [0.2, 0.25) is 0 Å². The lowest BCUT2D eigenvalue weighted by molar-refractivity contribution is 0.596. The molecule has 1 heterocycles. The van der Waals surface area contributed by atoms with Crippen LogP contribution in [-0.2, 0) is 6.42 Å². The van der Waals surface area contributed by atoms with Gasteiger partial charge in [0.05, 0.1) is 0 Å². The fraction of sp³-hybridized carbons (Fsp3) is 0.357. The van der Waals surface area contributed by atoms with Gasteiger partial charge in [0.15, 0.2) is 0 Å². The van der Waals surface area contributed by atoms with Crippen molar-refractivity contribution in [1.82, 2.24) is 9.97 Å². The second-order valence-corrected chi connectivity index (χ2v) is 4.14. The van der Waals surface area contributed by atoms with Crippen LogP contribution in [0.5, 0.6) is 0 Å². The summed E-state index contributed by atoms with van der Waals surface area (Å²) in [6, 6.07) is 10.7. The average Bonchev–Trinajstić information content (AvgIpc) is 2.83. The van der Waals surface area contributed by atoms with Crippen LogP contribution >= 0.6 is 0 Å². The van der Waals surface area contributed by atoms with Gasteiger partial charge in [0.25, 0.3) is 0 Å². The van der Waals surface area contributed by atoms with Crippen LogP contribution in [0.4, 0.5) is 0 Å². The molecule has 0 radical (unpaired) electrons. The molecule has 2 heteroatoms. The van der Waals surface area contributed by atoms with Gasteiger partial charge in [-0.2, -0.15) is 0 Å². The van der Waals surface area contributed by atoms with Gasteiger partial charge in [-0.1, -0.05) is 43.7 Å². The molecule has 1 aromatic heterocycles. The highest BCUT2D eigenvalue weighted by molar-refractivity contribution is 5.20. The molecule has 0 amide bonds. The number of hydrogen-bond donors (Lipinski definition) is 1. The fourth-order valence-corrected chi connectivity index (χ4v) is 2.10. The molecule has 0 spiro atoms. The monoisotopic (exact) mass is 214 g/mol. The number of aromatic amines is 1. The average molecular weight is 214 g/mol. The number of imidazole rings is 1. The molecule has 1 N–H and O–H groups in total. The lowest BCUT2D eigenvalue weighted by Crippen LogP contribution is -2.04. The number of hydrogen-bond acceptors (Lipinski definition) is 1. The number of nitrogens with one attached hydrogen (secondary N) is 1. The molecule has 0 bridgehead atoms. The van der Waals surface area contributed by atoms with Crippen molar-refractivity contribution in [3.63, 3.8) is 0 Å². The smallest absolute Gasteiger partial charge is 0.106 e. The summed E-state index contributed by atoms with van der Waals surface area (Å²) in [5.41, 5.74) is 1.42. The van der Waals surface area contributed by atoms with Gasteiger partial charge >= 0.3 is 0 Å². The summed E-state index contributed by atoms with van der Waals surface area (Å²) in [5, 5.41) is 0. The molecular weight excluding hydrogens is 196 g/mol. The Morgan fingerprint density at radius 1 is 1.25 bits per heavy atom. The first kappa shape index (κ1) is 10.9. The molecule has 1 aromatic carbocycles. The molecule has 0 aliphatic carbocycles. The molecular formula is C14H18N2. The van der Waals surface area contributed by atoms with E-state index in [1.807, 2.05) is 12.4 Å². The van der Waals surface area contributed by atoms with Gasteiger partial charge < -0.3 is 4.98 Å². The van der Waals surface area contributed by atoms with E-state index in [2.05, 4.69) is 47.2 Å². The summed E-state index contributed by atoms with van der Waals surface area (Å²) in [4.78, 5) is 7.49.